The lowest BCUT2D eigenvalue weighted by atomic mass is 10.1. The molecule has 2 aromatic carbocycles. The SMILES string of the molecule is Cc1c(NC(=S)Nc2ccccc2N2CCCCC2)c(=O)n(-c2ccccc2)n1C. The molecule has 0 amide bonds. The number of anilines is 3. The fourth-order valence-corrected chi connectivity index (χ4v) is 4.18. The van der Waals surface area contributed by atoms with Crippen molar-refractivity contribution >= 4 is 34.4 Å². The van der Waals surface area contributed by atoms with Gasteiger partial charge in [-0.1, -0.05) is 30.3 Å². The third-order valence-corrected chi connectivity index (χ3v) is 5.85. The van der Waals surface area contributed by atoms with Gasteiger partial charge in [0.25, 0.3) is 5.56 Å². The van der Waals surface area contributed by atoms with E-state index in [0.717, 1.165) is 35.8 Å². The number of hydrogen-bond acceptors (Lipinski definition) is 3. The van der Waals surface area contributed by atoms with E-state index in [1.165, 1.54) is 19.3 Å². The molecule has 1 fully saturated rings. The van der Waals surface area contributed by atoms with E-state index in [2.05, 4.69) is 21.6 Å². The first kappa shape index (κ1) is 20.2. The Balaban J connectivity index is 1.57. The molecule has 0 saturated carbocycles. The summed E-state index contributed by atoms with van der Waals surface area (Å²) in [6, 6.07) is 17.8. The number of benzene rings is 2. The molecule has 3 aromatic rings. The molecular weight excluding hydrogens is 394 g/mol. The summed E-state index contributed by atoms with van der Waals surface area (Å²) >= 11 is 5.57. The van der Waals surface area contributed by atoms with Crippen LogP contribution >= 0.6 is 12.2 Å². The van der Waals surface area contributed by atoms with E-state index in [1.807, 2.05) is 67.2 Å². The van der Waals surface area contributed by atoms with Crippen molar-refractivity contribution in [1.29, 1.82) is 0 Å². The van der Waals surface area contributed by atoms with Crippen molar-refractivity contribution in [2.45, 2.75) is 26.2 Å². The van der Waals surface area contributed by atoms with E-state index in [0.29, 0.717) is 10.8 Å². The molecule has 1 aliphatic rings. The summed E-state index contributed by atoms with van der Waals surface area (Å²) in [5.41, 5.74) is 4.08. The lowest BCUT2D eigenvalue weighted by molar-refractivity contribution is 0.578. The van der Waals surface area contributed by atoms with E-state index in [9.17, 15) is 4.79 Å². The standard InChI is InChI=1S/C23H27N5OS/c1-17-21(22(29)28(26(17)2)18-11-5-3-6-12-18)25-23(30)24-19-13-7-8-14-20(19)27-15-9-4-10-16-27/h3,5-8,11-14H,4,9-10,15-16H2,1-2H3,(H2,24,25,30). The van der Waals surface area contributed by atoms with Gasteiger partial charge in [-0.15, -0.1) is 0 Å². The third-order valence-electron chi connectivity index (χ3n) is 5.64. The second-order valence-electron chi connectivity index (χ2n) is 7.58. The maximum absolute atomic E-state index is 13.1. The summed E-state index contributed by atoms with van der Waals surface area (Å²) in [7, 11) is 1.87. The van der Waals surface area contributed by atoms with Crippen LogP contribution in [0.5, 0.6) is 0 Å². The molecule has 2 N–H and O–H groups in total. The minimum atomic E-state index is -0.130. The fourth-order valence-electron chi connectivity index (χ4n) is 3.97. The van der Waals surface area contributed by atoms with Gasteiger partial charge >= 0.3 is 0 Å². The molecule has 0 atom stereocenters. The van der Waals surface area contributed by atoms with E-state index < -0.39 is 0 Å². The molecule has 6 nitrogen and oxygen atoms in total. The predicted molar refractivity (Wildman–Crippen MR) is 128 cm³/mol. The van der Waals surface area contributed by atoms with Crippen LogP contribution in [0.1, 0.15) is 25.0 Å². The minimum absolute atomic E-state index is 0.130. The number of nitrogens with one attached hydrogen (secondary N) is 2. The van der Waals surface area contributed by atoms with Crippen molar-refractivity contribution in [2.24, 2.45) is 7.05 Å². The van der Waals surface area contributed by atoms with Crippen LogP contribution in [-0.4, -0.2) is 27.6 Å². The van der Waals surface area contributed by atoms with Crippen LogP contribution in [0.25, 0.3) is 5.69 Å². The smallest absolute Gasteiger partial charge is 0.295 e. The van der Waals surface area contributed by atoms with Crippen molar-refractivity contribution in [3.63, 3.8) is 0 Å². The molecule has 1 aromatic heterocycles. The van der Waals surface area contributed by atoms with Gasteiger partial charge in [0, 0.05) is 20.1 Å². The highest BCUT2D eigenvalue weighted by Crippen LogP contribution is 2.28. The van der Waals surface area contributed by atoms with E-state index in [-0.39, 0.29) is 5.56 Å². The van der Waals surface area contributed by atoms with Crippen molar-refractivity contribution in [3.05, 3.63) is 70.6 Å². The molecule has 30 heavy (non-hydrogen) atoms. The molecular formula is C23H27N5OS. The molecule has 0 aliphatic carbocycles. The number of nitrogens with zero attached hydrogens (tertiary/aromatic N) is 3. The Labute approximate surface area is 182 Å². The van der Waals surface area contributed by atoms with Gasteiger partial charge in [0.05, 0.1) is 22.8 Å². The van der Waals surface area contributed by atoms with Gasteiger partial charge in [0.15, 0.2) is 5.11 Å². The van der Waals surface area contributed by atoms with Crippen molar-refractivity contribution < 1.29 is 0 Å². The molecule has 0 spiro atoms. The number of thiocarbonyl (C=S) groups is 1. The Morgan fingerprint density at radius 1 is 0.933 bits per heavy atom. The fraction of sp³-hybridized carbons (Fsp3) is 0.304. The predicted octanol–water partition coefficient (Wildman–Crippen LogP) is 4.28. The van der Waals surface area contributed by atoms with Crippen LogP contribution in [0.3, 0.4) is 0 Å². The highest BCUT2D eigenvalue weighted by Gasteiger charge is 2.18. The first-order valence-electron chi connectivity index (χ1n) is 10.3. The second kappa shape index (κ2) is 8.75. The highest BCUT2D eigenvalue weighted by atomic mass is 32.1. The van der Waals surface area contributed by atoms with Gasteiger partial charge in [-0.3, -0.25) is 9.48 Å². The van der Waals surface area contributed by atoms with Gasteiger partial charge in [-0.2, -0.15) is 0 Å². The molecule has 1 aliphatic heterocycles. The number of para-hydroxylation sites is 3. The lowest BCUT2D eigenvalue weighted by Gasteiger charge is -2.30. The van der Waals surface area contributed by atoms with Crippen LogP contribution < -0.4 is 21.1 Å². The van der Waals surface area contributed by atoms with E-state index in [1.54, 1.807) is 4.68 Å². The highest BCUT2D eigenvalue weighted by molar-refractivity contribution is 7.80. The van der Waals surface area contributed by atoms with E-state index in [4.69, 9.17) is 12.2 Å². The van der Waals surface area contributed by atoms with Crippen LogP contribution in [-0.2, 0) is 7.05 Å². The Hall–Kier alpha value is -3.06. The molecule has 0 bridgehead atoms. The second-order valence-corrected chi connectivity index (χ2v) is 7.99. The normalized spacial score (nSPS) is 13.9. The summed E-state index contributed by atoms with van der Waals surface area (Å²) in [6.07, 6.45) is 3.70. The quantitative estimate of drug-likeness (QED) is 0.616. The molecule has 4 rings (SSSR count). The van der Waals surface area contributed by atoms with Crippen molar-refractivity contribution in [1.82, 2.24) is 9.36 Å². The summed E-state index contributed by atoms with van der Waals surface area (Å²) in [5.74, 6) is 0. The van der Waals surface area contributed by atoms with Crippen molar-refractivity contribution in [3.8, 4) is 5.69 Å². The zero-order valence-electron chi connectivity index (χ0n) is 17.4. The van der Waals surface area contributed by atoms with Gasteiger partial charge in [0.1, 0.15) is 5.69 Å². The van der Waals surface area contributed by atoms with Crippen LogP contribution in [0.2, 0.25) is 0 Å². The number of rotatable bonds is 4. The largest absolute Gasteiger partial charge is 0.370 e. The molecule has 2 heterocycles. The average molecular weight is 422 g/mol. The first-order chi connectivity index (χ1) is 14.6. The molecule has 156 valence electrons. The number of hydrogen-bond donors (Lipinski definition) is 2. The summed E-state index contributed by atoms with van der Waals surface area (Å²) in [6.45, 7) is 4.02. The summed E-state index contributed by atoms with van der Waals surface area (Å²) in [4.78, 5) is 15.5. The van der Waals surface area contributed by atoms with Crippen LogP contribution in [0.15, 0.2) is 59.4 Å². The summed E-state index contributed by atoms with van der Waals surface area (Å²) in [5, 5.41) is 6.84. The molecule has 0 unspecified atom stereocenters. The molecule has 0 radical (unpaired) electrons. The summed E-state index contributed by atoms with van der Waals surface area (Å²) < 4.78 is 3.48. The number of piperidine rings is 1. The lowest BCUT2D eigenvalue weighted by Crippen LogP contribution is -2.31. The third kappa shape index (κ3) is 3.98. The Morgan fingerprint density at radius 2 is 1.60 bits per heavy atom. The van der Waals surface area contributed by atoms with E-state index >= 15 is 0 Å². The van der Waals surface area contributed by atoms with Gasteiger partial charge in [-0.05, 0) is 62.7 Å². The average Bonchev–Trinajstić information content (AvgIpc) is 2.98. The van der Waals surface area contributed by atoms with Gasteiger partial charge in [-0.25, -0.2) is 4.68 Å². The first-order valence-corrected chi connectivity index (χ1v) is 10.7. The van der Waals surface area contributed by atoms with Gasteiger partial charge < -0.3 is 15.5 Å². The van der Waals surface area contributed by atoms with Crippen LogP contribution in [0.4, 0.5) is 17.1 Å². The van der Waals surface area contributed by atoms with Crippen LogP contribution in [0, 0.1) is 6.92 Å². The van der Waals surface area contributed by atoms with Crippen molar-refractivity contribution in [2.75, 3.05) is 28.6 Å². The maximum Gasteiger partial charge on any atom is 0.295 e. The Morgan fingerprint density at radius 3 is 2.33 bits per heavy atom. The molecule has 7 heteroatoms. The topological polar surface area (TPSA) is 54.2 Å². The maximum atomic E-state index is 13.1. The Bertz CT molecular complexity index is 1100. The zero-order valence-corrected chi connectivity index (χ0v) is 18.2. The van der Waals surface area contributed by atoms with Gasteiger partial charge in [0.2, 0.25) is 0 Å². The minimum Gasteiger partial charge on any atom is -0.370 e. The number of aromatic nitrogens is 2. The zero-order chi connectivity index (χ0) is 21.1. The monoisotopic (exact) mass is 421 g/mol. The Kier molecular flexibility index (Phi) is 5.90. The molecule has 1 saturated heterocycles.